The van der Waals surface area contributed by atoms with Crippen molar-refractivity contribution in [3.05, 3.63) is 35.4 Å². The van der Waals surface area contributed by atoms with Crippen LogP contribution < -0.4 is 0 Å². The Morgan fingerprint density at radius 3 is 2.20 bits per heavy atom. The van der Waals surface area contributed by atoms with E-state index in [0.29, 0.717) is 12.8 Å². The molecule has 1 saturated carbocycles. The van der Waals surface area contributed by atoms with Gasteiger partial charge in [0.2, 0.25) is 0 Å². The topological polar surface area (TPSA) is 74.6 Å². The van der Waals surface area contributed by atoms with E-state index in [9.17, 15) is 14.7 Å². The summed E-state index contributed by atoms with van der Waals surface area (Å²) in [5, 5.41) is 19.3. The number of hydrogen-bond donors (Lipinski definition) is 2. The van der Waals surface area contributed by atoms with Crippen LogP contribution in [0.3, 0.4) is 0 Å². The molecule has 4 nitrogen and oxygen atoms in total. The van der Waals surface area contributed by atoms with Gasteiger partial charge in [-0.3, -0.25) is 4.79 Å². The second kappa shape index (κ2) is 6.66. The van der Waals surface area contributed by atoms with Gasteiger partial charge >= 0.3 is 5.97 Å². The third-order valence-corrected chi connectivity index (χ3v) is 3.99. The van der Waals surface area contributed by atoms with Gasteiger partial charge in [0.25, 0.3) is 0 Å². The zero-order chi connectivity index (χ0) is 14.5. The lowest BCUT2D eigenvalue weighted by Crippen LogP contribution is -2.30. The second-order valence-corrected chi connectivity index (χ2v) is 5.38. The van der Waals surface area contributed by atoms with Gasteiger partial charge in [0, 0.05) is 11.5 Å². The Morgan fingerprint density at radius 2 is 1.55 bits per heavy atom. The lowest BCUT2D eigenvalue weighted by molar-refractivity contribution is 0.0578. The molecule has 20 heavy (non-hydrogen) atoms. The van der Waals surface area contributed by atoms with E-state index in [1.807, 2.05) is 0 Å². The monoisotopic (exact) mass is 276 g/mol. The molecule has 0 amide bonds. The SMILES string of the molecule is O=C(O)c1ccccc1C(=O)C1CCCCCCC1O. The van der Waals surface area contributed by atoms with Crippen molar-refractivity contribution >= 4 is 11.8 Å². The highest BCUT2D eigenvalue weighted by Gasteiger charge is 2.30. The molecule has 2 N–H and O–H groups in total. The summed E-state index contributed by atoms with van der Waals surface area (Å²) in [5.74, 6) is -1.82. The number of hydrogen-bond acceptors (Lipinski definition) is 3. The van der Waals surface area contributed by atoms with Crippen LogP contribution in [0.2, 0.25) is 0 Å². The van der Waals surface area contributed by atoms with Gasteiger partial charge in [-0.2, -0.15) is 0 Å². The van der Waals surface area contributed by atoms with Crippen LogP contribution in [0.15, 0.2) is 24.3 Å². The minimum absolute atomic E-state index is 0.0201. The Kier molecular flexibility index (Phi) is 4.90. The van der Waals surface area contributed by atoms with Crippen molar-refractivity contribution in [2.24, 2.45) is 5.92 Å². The Bertz CT molecular complexity index is 495. The van der Waals surface area contributed by atoms with Crippen molar-refractivity contribution in [2.75, 3.05) is 0 Å². The van der Waals surface area contributed by atoms with Crippen molar-refractivity contribution < 1.29 is 19.8 Å². The van der Waals surface area contributed by atoms with E-state index in [4.69, 9.17) is 5.11 Å². The first-order valence-corrected chi connectivity index (χ1v) is 7.16. The van der Waals surface area contributed by atoms with Crippen molar-refractivity contribution in [3.63, 3.8) is 0 Å². The van der Waals surface area contributed by atoms with Gasteiger partial charge in [-0.25, -0.2) is 4.79 Å². The van der Waals surface area contributed by atoms with Crippen LogP contribution in [0.5, 0.6) is 0 Å². The maximum absolute atomic E-state index is 12.6. The summed E-state index contributed by atoms with van der Waals surface area (Å²) in [6, 6.07) is 6.24. The van der Waals surface area contributed by atoms with Crippen molar-refractivity contribution in [1.82, 2.24) is 0 Å². The molecule has 0 aromatic heterocycles. The van der Waals surface area contributed by atoms with Crippen molar-refractivity contribution in [2.45, 2.75) is 44.6 Å². The summed E-state index contributed by atoms with van der Waals surface area (Å²) in [5.41, 5.74) is 0.233. The van der Waals surface area contributed by atoms with E-state index < -0.39 is 18.0 Å². The Hall–Kier alpha value is -1.68. The third kappa shape index (κ3) is 3.25. The zero-order valence-electron chi connectivity index (χ0n) is 11.4. The maximum Gasteiger partial charge on any atom is 0.336 e. The van der Waals surface area contributed by atoms with E-state index in [0.717, 1.165) is 25.7 Å². The van der Waals surface area contributed by atoms with Gasteiger partial charge in [-0.05, 0) is 18.9 Å². The number of ketones is 1. The number of aliphatic hydroxyl groups is 1. The molecule has 1 aromatic carbocycles. The smallest absolute Gasteiger partial charge is 0.336 e. The van der Waals surface area contributed by atoms with Gasteiger partial charge in [-0.1, -0.05) is 43.9 Å². The lowest BCUT2D eigenvalue weighted by atomic mass is 9.82. The first kappa shape index (κ1) is 14.7. The molecule has 2 atom stereocenters. The van der Waals surface area contributed by atoms with Crippen LogP contribution in [-0.4, -0.2) is 28.1 Å². The third-order valence-electron chi connectivity index (χ3n) is 3.99. The number of rotatable bonds is 3. The van der Waals surface area contributed by atoms with E-state index in [2.05, 4.69) is 0 Å². The van der Waals surface area contributed by atoms with E-state index >= 15 is 0 Å². The average molecular weight is 276 g/mol. The minimum atomic E-state index is -1.10. The predicted molar refractivity (Wildman–Crippen MR) is 74.9 cm³/mol. The number of carboxylic acids is 1. The number of carbonyl (C=O) groups excluding carboxylic acids is 1. The number of carboxylic acid groups (broad SMARTS) is 1. The number of benzene rings is 1. The normalized spacial score (nSPS) is 23.6. The van der Waals surface area contributed by atoms with Gasteiger partial charge in [0.1, 0.15) is 0 Å². The fraction of sp³-hybridized carbons (Fsp3) is 0.500. The van der Waals surface area contributed by atoms with Crippen LogP contribution in [-0.2, 0) is 0 Å². The number of carbonyl (C=O) groups is 2. The van der Waals surface area contributed by atoms with E-state index in [1.54, 1.807) is 12.1 Å². The van der Waals surface area contributed by atoms with Crippen LogP contribution >= 0.6 is 0 Å². The van der Waals surface area contributed by atoms with Crippen LogP contribution in [0.1, 0.15) is 59.2 Å². The number of aromatic carboxylic acids is 1. The van der Waals surface area contributed by atoms with Gasteiger partial charge < -0.3 is 10.2 Å². The fourth-order valence-corrected chi connectivity index (χ4v) is 2.85. The van der Waals surface area contributed by atoms with Gasteiger partial charge in [0.05, 0.1) is 11.7 Å². The summed E-state index contributed by atoms with van der Waals surface area (Å²) >= 11 is 0. The second-order valence-electron chi connectivity index (χ2n) is 5.38. The average Bonchev–Trinajstić information content (AvgIpc) is 2.42. The Morgan fingerprint density at radius 1 is 0.950 bits per heavy atom. The van der Waals surface area contributed by atoms with Crippen LogP contribution in [0.25, 0.3) is 0 Å². The summed E-state index contributed by atoms with van der Waals surface area (Å²) < 4.78 is 0. The number of aliphatic hydroxyl groups excluding tert-OH is 1. The largest absolute Gasteiger partial charge is 0.478 e. The van der Waals surface area contributed by atoms with E-state index in [1.165, 1.54) is 12.1 Å². The molecule has 0 bridgehead atoms. The molecule has 1 aromatic rings. The molecular formula is C16H20O4. The molecule has 1 fully saturated rings. The molecule has 0 aliphatic heterocycles. The Labute approximate surface area is 118 Å². The summed E-state index contributed by atoms with van der Waals surface area (Å²) in [4.78, 5) is 23.8. The molecule has 1 aliphatic carbocycles. The molecule has 4 heteroatoms. The molecule has 108 valence electrons. The van der Waals surface area contributed by atoms with Crippen molar-refractivity contribution in [3.8, 4) is 0 Å². The highest BCUT2D eigenvalue weighted by Crippen LogP contribution is 2.27. The van der Waals surface area contributed by atoms with E-state index in [-0.39, 0.29) is 16.9 Å². The quantitative estimate of drug-likeness (QED) is 0.832. The number of Topliss-reactive ketones (excluding diaryl/α,β-unsaturated/α-hetero) is 1. The minimum Gasteiger partial charge on any atom is -0.478 e. The standard InChI is InChI=1S/C16H20O4/c17-14-10-4-2-1-3-9-13(14)15(18)11-7-5-6-8-12(11)16(19)20/h5-8,13-14,17H,1-4,9-10H2,(H,19,20). The molecule has 2 unspecified atom stereocenters. The molecule has 0 heterocycles. The highest BCUT2D eigenvalue weighted by molar-refractivity contribution is 6.07. The highest BCUT2D eigenvalue weighted by atomic mass is 16.4. The van der Waals surface area contributed by atoms with Crippen LogP contribution in [0.4, 0.5) is 0 Å². The first-order valence-electron chi connectivity index (χ1n) is 7.16. The first-order chi connectivity index (χ1) is 9.61. The molecule has 1 aliphatic rings. The molecular weight excluding hydrogens is 256 g/mol. The van der Waals surface area contributed by atoms with Crippen molar-refractivity contribution in [1.29, 1.82) is 0 Å². The van der Waals surface area contributed by atoms with Gasteiger partial charge in [-0.15, -0.1) is 0 Å². The molecule has 0 saturated heterocycles. The maximum atomic E-state index is 12.6. The fourth-order valence-electron chi connectivity index (χ4n) is 2.85. The molecule has 0 spiro atoms. The summed E-state index contributed by atoms with van der Waals surface area (Å²) in [6.45, 7) is 0. The zero-order valence-corrected chi connectivity index (χ0v) is 11.4. The van der Waals surface area contributed by atoms with Crippen LogP contribution in [0, 0.1) is 5.92 Å². The predicted octanol–water partition coefficient (Wildman–Crippen LogP) is 2.90. The molecule has 2 rings (SSSR count). The summed E-state index contributed by atoms with van der Waals surface area (Å²) in [6.07, 6.45) is 4.57. The van der Waals surface area contributed by atoms with Gasteiger partial charge in [0.15, 0.2) is 5.78 Å². The summed E-state index contributed by atoms with van der Waals surface area (Å²) in [7, 11) is 0. The lowest BCUT2D eigenvalue weighted by Gasteiger charge is -2.24. The Balaban J connectivity index is 2.27. The molecule has 0 radical (unpaired) electrons.